The Kier molecular flexibility index (Phi) is 3.35. The molecule has 0 saturated heterocycles. The molecule has 130 valence electrons. The van der Waals surface area contributed by atoms with Crippen LogP contribution in [0.1, 0.15) is 26.6 Å². The van der Waals surface area contributed by atoms with E-state index >= 15 is 0 Å². The summed E-state index contributed by atoms with van der Waals surface area (Å²) in [6, 6.07) is 7.50. The van der Waals surface area contributed by atoms with Gasteiger partial charge in [0.25, 0.3) is 0 Å². The van der Waals surface area contributed by atoms with Gasteiger partial charge in [0.05, 0.1) is 17.4 Å². The summed E-state index contributed by atoms with van der Waals surface area (Å²) in [5.74, 6) is 0.767. The van der Waals surface area contributed by atoms with E-state index in [0.29, 0.717) is 30.7 Å². The minimum atomic E-state index is -0.529. The molecule has 3 aromatic rings. The maximum atomic E-state index is 12.3. The molecular weight excluding hydrogens is 320 g/mol. The van der Waals surface area contributed by atoms with Crippen LogP contribution < -0.4 is 4.73 Å². The van der Waals surface area contributed by atoms with E-state index in [2.05, 4.69) is 9.55 Å². The number of pyridine rings is 1. The highest BCUT2D eigenvalue weighted by Crippen LogP contribution is 2.26. The highest BCUT2D eigenvalue weighted by molar-refractivity contribution is 6.00. The monoisotopic (exact) mass is 340 g/mol. The number of rotatable bonds is 0. The maximum absolute atomic E-state index is 12.3. The number of fused-ring (bicyclic) bond motifs is 5. The fraction of sp³-hybridized carbons (Fsp3) is 0.389. The number of hydrogen-bond acceptors (Lipinski definition) is 4. The molecule has 0 bridgehead atoms. The van der Waals surface area contributed by atoms with Crippen molar-refractivity contribution in [2.45, 2.75) is 39.5 Å². The number of nitrogens with zero attached hydrogens (tertiary/aromatic N) is 4. The second-order valence-corrected chi connectivity index (χ2v) is 7.29. The number of aromatic nitrogens is 3. The summed E-state index contributed by atoms with van der Waals surface area (Å²) in [5, 5.41) is 13.1. The van der Waals surface area contributed by atoms with Gasteiger partial charge in [0, 0.05) is 19.2 Å². The van der Waals surface area contributed by atoms with Crippen molar-refractivity contribution in [1.29, 1.82) is 0 Å². The third kappa shape index (κ3) is 2.65. The summed E-state index contributed by atoms with van der Waals surface area (Å²) in [6.45, 7) is 7.10. The van der Waals surface area contributed by atoms with Gasteiger partial charge in [-0.25, -0.2) is 9.78 Å². The number of amides is 1. The first-order valence-corrected chi connectivity index (χ1v) is 8.31. The maximum Gasteiger partial charge on any atom is 0.410 e. The first kappa shape index (κ1) is 15.7. The summed E-state index contributed by atoms with van der Waals surface area (Å²) in [7, 11) is 0. The molecule has 7 heteroatoms. The number of benzene rings is 1. The number of para-hydroxylation sites is 1. The van der Waals surface area contributed by atoms with E-state index in [4.69, 9.17) is 4.74 Å². The Labute approximate surface area is 145 Å². The molecule has 0 unspecified atom stereocenters. The number of ether oxygens (including phenoxy) is 1. The van der Waals surface area contributed by atoms with Crippen LogP contribution in [0.2, 0.25) is 0 Å². The molecular formula is C18H20N4O3. The lowest BCUT2D eigenvalue weighted by Gasteiger charge is -2.30. The van der Waals surface area contributed by atoms with Gasteiger partial charge in [-0.2, -0.15) is 4.73 Å². The van der Waals surface area contributed by atoms with Crippen LogP contribution in [0.3, 0.4) is 0 Å². The van der Waals surface area contributed by atoms with Crippen molar-refractivity contribution in [3.63, 3.8) is 0 Å². The van der Waals surface area contributed by atoms with Crippen LogP contribution in [-0.2, 0) is 17.8 Å². The van der Waals surface area contributed by atoms with Crippen LogP contribution >= 0.6 is 0 Å². The highest BCUT2D eigenvalue weighted by atomic mass is 16.6. The zero-order chi connectivity index (χ0) is 17.8. The fourth-order valence-corrected chi connectivity index (χ4v) is 3.25. The zero-order valence-corrected chi connectivity index (χ0v) is 14.5. The summed E-state index contributed by atoms with van der Waals surface area (Å²) in [5.41, 5.74) is 1.68. The predicted molar refractivity (Wildman–Crippen MR) is 92.8 cm³/mol. The Balaban J connectivity index is 1.76. The van der Waals surface area contributed by atoms with Crippen LogP contribution in [0, 0.1) is 5.21 Å². The molecule has 0 atom stereocenters. The van der Waals surface area contributed by atoms with Gasteiger partial charge in [0.1, 0.15) is 11.4 Å². The van der Waals surface area contributed by atoms with Gasteiger partial charge in [0.2, 0.25) is 11.7 Å². The molecule has 0 fully saturated rings. The normalized spacial score (nSPS) is 14.8. The van der Waals surface area contributed by atoms with Crippen LogP contribution in [-0.4, -0.2) is 32.7 Å². The van der Waals surface area contributed by atoms with Gasteiger partial charge >= 0.3 is 6.09 Å². The summed E-state index contributed by atoms with van der Waals surface area (Å²) in [6.07, 6.45) is 1.16. The molecule has 1 aliphatic heterocycles. The third-order valence-electron chi connectivity index (χ3n) is 4.29. The lowest BCUT2D eigenvalue weighted by Crippen LogP contribution is -2.41. The van der Waals surface area contributed by atoms with Gasteiger partial charge in [0.15, 0.2) is 5.52 Å². The summed E-state index contributed by atoms with van der Waals surface area (Å²) in [4.78, 5) is 18.6. The molecule has 2 aromatic heterocycles. The Morgan fingerprint density at radius 3 is 2.80 bits per heavy atom. The Bertz CT molecular complexity index is 987. The zero-order valence-electron chi connectivity index (χ0n) is 14.5. The second kappa shape index (κ2) is 5.34. The molecule has 0 aliphatic carbocycles. The third-order valence-corrected chi connectivity index (χ3v) is 4.29. The topological polar surface area (TPSA) is 74.3 Å². The Morgan fingerprint density at radius 2 is 2.04 bits per heavy atom. The average molecular weight is 340 g/mol. The van der Waals surface area contributed by atoms with E-state index < -0.39 is 5.60 Å². The lowest BCUT2D eigenvalue weighted by atomic mass is 10.2. The molecule has 1 aromatic carbocycles. The van der Waals surface area contributed by atoms with E-state index in [-0.39, 0.29) is 6.09 Å². The molecule has 0 radical (unpaired) electrons. The minimum Gasteiger partial charge on any atom is -0.618 e. The van der Waals surface area contributed by atoms with E-state index in [1.54, 1.807) is 11.0 Å². The smallest absolute Gasteiger partial charge is 0.410 e. The standard InChI is InChI=1S/C18H20N4O3/c1-18(2,3)25-17(23)20-8-9-21-15(11-20)19-13-10-22(24)14-7-5-4-6-12(14)16(13)21/h4-7,10H,8-9,11H2,1-3H3. The van der Waals surface area contributed by atoms with Crippen molar-refractivity contribution in [2.24, 2.45) is 0 Å². The minimum absolute atomic E-state index is 0.338. The molecule has 1 aliphatic rings. The van der Waals surface area contributed by atoms with Crippen molar-refractivity contribution in [3.05, 3.63) is 41.5 Å². The van der Waals surface area contributed by atoms with Gasteiger partial charge in [-0.05, 0) is 26.8 Å². The Hall–Kier alpha value is -2.83. The quantitative estimate of drug-likeness (QED) is 0.466. The van der Waals surface area contributed by atoms with Crippen molar-refractivity contribution in [2.75, 3.05) is 6.54 Å². The van der Waals surface area contributed by atoms with E-state index in [1.807, 2.05) is 39.0 Å². The van der Waals surface area contributed by atoms with Crippen molar-refractivity contribution in [3.8, 4) is 0 Å². The lowest BCUT2D eigenvalue weighted by molar-refractivity contribution is -0.575. The van der Waals surface area contributed by atoms with Crippen LogP contribution in [0.25, 0.3) is 21.9 Å². The van der Waals surface area contributed by atoms with Crippen molar-refractivity contribution < 1.29 is 14.3 Å². The fourth-order valence-electron chi connectivity index (χ4n) is 3.25. The molecule has 0 saturated carbocycles. The number of imidazole rings is 1. The molecule has 1 amide bonds. The second-order valence-electron chi connectivity index (χ2n) is 7.29. The van der Waals surface area contributed by atoms with Crippen LogP contribution in [0.4, 0.5) is 4.79 Å². The van der Waals surface area contributed by atoms with Gasteiger partial charge in [-0.15, -0.1) is 0 Å². The van der Waals surface area contributed by atoms with Crippen molar-refractivity contribution >= 4 is 28.0 Å². The average Bonchev–Trinajstić information content (AvgIpc) is 2.90. The largest absolute Gasteiger partial charge is 0.618 e. The summed E-state index contributed by atoms with van der Waals surface area (Å²) >= 11 is 0. The van der Waals surface area contributed by atoms with Gasteiger partial charge < -0.3 is 14.5 Å². The Morgan fingerprint density at radius 1 is 1.28 bits per heavy atom. The van der Waals surface area contributed by atoms with E-state index in [0.717, 1.165) is 21.5 Å². The van der Waals surface area contributed by atoms with E-state index in [1.165, 1.54) is 6.20 Å². The van der Waals surface area contributed by atoms with Crippen molar-refractivity contribution in [1.82, 2.24) is 14.5 Å². The number of hydrogen-bond donors (Lipinski definition) is 0. The number of carbonyl (C=O) groups excluding carboxylic acids is 1. The SMILES string of the molecule is CC(C)(C)OC(=O)N1CCn2c(nc3c[n+]([O-])c4ccccc4c32)C1. The molecule has 0 spiro atoms. The van der Waals surface area contributed by atoms with E-state index in [9.17, 15) is 10.0 Å². The molecule has 7 nitrogen and oxygen atoms in total. The first-order chi connectivity index (χ1) is 11.8. The summed E-state index contributed by atoms with van der Waals surface area (Å²) < 4.78 is 8.40. The molecule has 4 rings (SSSR count). The van der Waals surface area contributed by atoms with Crippen LogP contribution in [0.5, 0.6) is 0 Å². The van der Waals surface area contributed by atoms with Gasteiger partial charge in [-0.3, -0.25) is 4.90 Å². The highest BCUT2D eigenvalue weighted by Gasteiger charge is 2.28. The number of carbonyl (C=O) groups is 1. The predicted octanol–water partition coefficient (Wildman–Crippen LogP) is 2.57. The van der Waals surface area contributed by atoms with Gasteiger partial charge in [-0.1, -0.05) is 12.1 Å². The molecule has 25 heavy (non-hydrogen) atoms. The molecule has 3 heterocycles. The first-order valence-electron chi connectivity index (χ1n) is 8.31. The van der Waals surface area contributed by atoms with Crippen LogP contribution in [0.15, 0.2) is 30.5 Å². The molecule has 0 N–H and O–H groups in total.